The lowest BCUT2D eigenvalue weighted by Crippen LogP contribution is -2.09. The second kappa shape index (κ2) is 2.81. The molecule has 1 heteroatoms. The average molecular weight is 130 g/mol. The summed E-state index contributed by atoms with van der Waals surface area (Å²) in [5.41, 5.74) is 0. The molecule has 0 N–H and O–H groups in total. The molecule has 0 aromatic heterocycles. The van der Waals surface area contributed by atoms with Crippen LogP contribution in [-0.2, 0) is 4.79 Å². The van der Waals surface area contributed by atoms with E-state index in [2.05, 4.69) is 0 Å². The van der Waals surface area contributed by atoms with E-state index in [1.54, 1.807) is 0 Å². The molecular weight excluding hydrogens is 112 g/mol. The first-order chi connectivity index (χ1) is 6.57. The lowest BCUT2D eigenvalue weighted by molar-refractivity contribution is -0.119. The number of Topliss-reactive ketones (excluding diaryl/α,β-unsaturated/α-hetero) is 1. The predicted octanol–water partition coefficient (Wildman–Crippen LogP) is 1.93. The summed E-state index contributed by atoms with van der Waals surface area (Å²) in [6.45, 7) is 1.05. The maximum absolute atomic E-state index is 11.2. The summed E-state index contributed by atoms with van der Waals surface area (Å²) in [6.07, 6.45) is -4.60. The van der Waals surface area contributed by atoms with Crippen molar-refractivity contribution in [1.82, 2.24) is 0 Å². The summed E-state index contributed by atoms with van der Waals surface area (Å²) >= 11 is 0. The second-order valence-electron chi connectivity index (χ2n) is 1.76. The minimum Gasteiger partial charge on any atom is -0.299 e. The van der Waals surface area contributed by atoms with Gasteiger partial charge < -0.3 is 0 Å². The number of allylic oxidation sites excluding steroid dienone is 2. The summed E-state index contributed by atoms with van der Waals surface area (Å²) in [4.78, 5) is 11.2. The van der Waals surface area contributed by atoms with E-state index in [1.165, 1.54) is 0 Å². The fourth-order valence-corrected chi connectivity index (χ4v) is 0.559. The Hall–Kier alpha value is -0.590. The van der Waals surface area contributed by atoms with Crippen molar-refractivity contribution in [2.45, 2.75) is 26.1 Å². The molecule has 0 bridgehead atoms. The normalized spacial score (nSPS) is 63.4. The van der Waals surface area contributed by atoms with Crippen LogP contribution in [0.25, 0.3) is 0 Å². The van der Waals surface area contributed by atoms with Crippen LogP contribution in [0.3, 0.4) is 0 Å². The van der Waals surface area contributed by atoms with Crippen LogP contribution >= 0.6 is 0 Å². The van der Waals surface area contributed by atoms with E-state index >= 15 is 0 Å². The van der Waals surface area contributed by atoms with Crippen molar-refractivity contribution in [2.24, 2.45) is 5.89 Å². The van der Waals surface area contributed by atoms with Gasteiger partial charge in [-0.2, -0.15) is 0 Å². The number of carbonyl (C=O) groups excluding carboxylic acids is 1. The van der Waals surface area contributed by atoms with Gasteiger partial charge in [-0.15, -0.1) is 0 Å². The highest BCUT2D eigenvalue weighted by Gasteiger charge is 2.11. The lowest BCUT2D eigenvalue weighted by atomic mass is 9.93. The second-order valence-corrected chi connectivity index (χ2v) is 1.76. The molecule has 1 nitrogen and oxygen atoms in total. The smallest absolute Gasteiger partial charge is 0.136 e. The zero-order valence-corrected chi connectivity index (χ0v) is 5.14. The highest BCUT2D eigenvalue weighted by Crippen LogP contribution is 2.16. The molecule has 1 rings (SSSR count). The largest absolute Gasteiger partial charge is 0.299 e. The van der Waals surface area contributed by atoms with E-state index in [4.69, 9.17) is 8.22 Å². The highest BCUT2D eigenvalue weighted by molar-refractivity contribution is 5.80. The van der Waals surface area contributed by atoms with Crippen LogP contribution in [0, 0.1) is 5.89 Å². The lowest BCUT2D eigenvalue weighted by Gasteiger charge is -2.11. The number of hydrogen-bond acceptors (Lipinski definition) is 1. The maximum atomic E-state index is 11.2. The standard InChI is InChI=1S/C8H12O/c1-7(9)8-5-3-2-4-6-8/h3,5,8H,2,4,6H2,1H3/i2D,4D2,6D2,8D. The Morgan fingerprint density at radius 2 is 2.78 bits per heavy atom. The van der Waals surface area contributed by atoms with E-state index in [1.807, 2.05) is 0 Å². The third-order valence-corrected chi connectivity index (χ3v) is 1.03. The molecular formula is C8H12O. The SMILES string of the molecule is [2H]C1C=CC([2H])(C(C)=O)C([2H])([2H])C1([2H])[2H]. The summed E-state index contributed by atoms with van der Waals surface area (Å²) < 4.78 is 45.1. The van der Waals surface area contributed by atoms with Crippen molar-refractivity contribution in [2.75, 3.05) is 0 Å². The molecule has 9 heavy (non-hydrogen) atoms. The van der Waals surface area contributed by atoms with Crippen molar-refractivity contribution in [3.63, 3.8) is 0 Å². The molecule has 0 saturated carbocycles. The van der Waals surface area contributed by atoms with Crippen LogP contribution in [0.15, 0.2) is 12.2 Å². The number of hydrogen-bond donors (Lipinski definition) is 0. The molecule has 0 spiro atoms. The summed E-state index contributed by atoms with van der Waals surface area (Å²) in [6, 6.07) is 0. The van der Waals surface area contributed by atoms with Gasteiger partial charge in [-0.25, -0.2) is 0 Å². The van der Waals surface area contributed by atoms with Crippen molar-refractivity contribution >= 4 is 5.78 Å². The van der Waals surface area contributed by atoms with Gasteiger partial charge in [-0.1, -0.05) is 12.2 Å². The average Bonchev–Trinajstić information content (AvgIpc) is 2.10. The topological polar surface area (TPSA) is 17.1 Å². The Labute approximate surface area is 64.2 Å². The molecule has 0 fully saturated rings. The van der Waals surface area contributed by atoms with Gasteiger partial charge in [-0.05, 0) is 26.1 Å². The Kier molecular flexibility index (Phi) is 0.694. The van der Waals surface area contributed by atoms with E-state index in [9.17, 15) is 4.79 Å². The van der Waals surface area contributed by atoms with Gasteiger partial charge in [0.1, 0.15) is 5.78 Å². The molecule has 0 amide bonds. The van der Waals surface area contributed by atoms with Gasteiger partial charge in [-0.3, -0.25) is 4.79 Å². The Morgan fingerprint density at radius 3 is 3.44 bits per heavy atom. The molecule has 0 heterocycles. The van der Waals surface area contributed by atoms with Gasteiger partial charge in [0.15, 0.2) is 0 Å². The Bertz CT molecular complexity index is 323. The van der Waals surface area contributed by atoms with E-state index in [0.717, 1.165) is 19.1 Å². The van der Waals surface area contributed by atoms with Crippen LogP contribution < -0.4 is 0 Å². The first kappa shape index (κ1) is 2.22. The van der Waals surface area contributed by atoms with Crippen molar-refractivity contribution in [3.05, 3.63) is 12.2 Å². The van der Waals surface area contributed by atoms with Crippen molar-refractivity contribution in [3.8, 4) is 0 Å². The summed E-state index contributed by atoms with van der Waals surface area (Å²) in [5, 5.41) is 0. The molecule has 1 aliphatic carbocycles. The van der Waals surface area contributed by atoms with Gasteiger partial charge in [0.2, 0.25) is 0 Å². The molecule has 50 valence electrons. The highest BCUT2D eigenvalue weighted by atomic mass is 16.1. The molecule has 2 unspecified atom stereocenters. The van der Waals surface area contributed by atoms with Crippen molar-refractivity contribution in [1.29, 1.82) is 0 Å². The van der Waals surface area contributed by atoms with E-state index < -0.39 is 30.8 Å². The molecule has 0 aromatic carbocycles. The van der Waals surface area contributed by atoms with Crippen LogP contribution in [-0.4, -0.2) is 5.78 Å². The van der Waals surface area contributed by atoms with Crippen LogP contribution in [0.1, 0.15) is 34.3 Å². The van der Waals surface area contributed by atoms with Gasteiger partial charge in [0.05, 0.1) is 0 Å². The fourth-order valence-electron chi connectivity index (χ4n) is 0.559. The monoisotopic (exact) mass is 130 g/mol. The third-order valence-electron chi connectivity index (χ3n) is 1.03. The number of carbonyl (C=O) groups is 1. The summed E-state index contributed by atoms with van der Waals surface area (Å²) in [5.74, 6) is -3.01. The number of rotatable bonds is 1. The molecule has 0 saturated heterocycles. The zero-order valence-electron chi connectivity index (χ0n) is 11.1. The fraction of sp³-hybridized carbons (Fsp3) is 0.625. The molecule has 1 aliphatic rings. The Balaban J connectivity index is 3.37. The van der Waals surface area contributed by atoms with Crippen LogP contribution in [0.4, 0.5) is 0 Å². The third kappa shape index (κ3) is 1.67. The van der Waals surface area contributed by atoms with Crippen LogP contribution in [0.2, 0.25) is 0 Å². The van der Waals surface area contributed by atoms with E-state index in [0.29, 0.717) is 0 Å². The van der Waals surface area contributed by atoms with E-state index in [-0.39, 0.29) is 0 Å². The predicted molar refractivity (Wildman–Crippen MR) is 37.2 cm³/mol. The first-order valence-corrected chi connectivity index (χ1v) is 2.70. The quantitative estimate of drug-likeness (QED) is 0.496. The molecule has 2 atom stereocenters. The Morgan fingerprint density at radius 1 is 2.00 bits per heavy atom. The van der Waals surface area contributed by atoms with Gasteiger partial charge in [0.25, 0.3) is 0 Å². The molecule has 0 aromatic rings. The number of ketones is 1. The minimum absolute atomic E-state index is 0.764. The van der Waals surface area contributed by atoms with Crippen LogP contribution in [0.5, 0.6) is 0 Å². The molecule has 0 aliphatic heterocycles. The summed E-state index contributed by atoms with van der Waals surface area (Å²) in [7, 11) is 0. The van der Waals surface area contributed by atoms with Gasteiger partial charge in [0, 0.05) is 14.1 Å². The maximum Gasteiger partial charge on any atom is 0.136 e. The van der Waals surface area contributed by atoms with Gasteiger partial charge >= 0.3 is 0 Å². The minimum atomic E-state index is -2.70. The first-order valence-electron chi connectivity index (χ1n) is 5.78. The molecule has 0 radical (unpaired) electrons. The van der Waals surface area contributed by atoms with Crippen molar-refractivity contribution < 1.29 is 13.0 Å². The zero-order chi connectivity index (χ0) is 12.1.